The molecule has 1 heterocycles. The van der Waals surface area contributed by atoms with Crippen molar-refractivity contribution in [3.05, 3.63) is 67.8 Å². The molecule has 5 heteroatoms. The number of hydrogen-bond acceptors (Lipinski definition) is 4. The Hall–Kier alpha value is -1.69. The minimum absolute atomic E-state index is 0.135. The van der Waals surface area contributed by atoms with E-state index in [0.29, 0.717) is 17.8 Å². The van der Waals surface area contributed by atoms with Crippen molar-refractivity contribution < 1.29 is 14.6 Å². The number of methoxy groups -OCH3 is 1. The second-order valence-electron chi connectivity index (χ2n) is 10.2. The predicted octanol–water partition coefficient (Wildman–Crippen LogP) is 6.95. The molecule has 1 aromatic heterocycles. The van der Waals surface area contributed by atoms with E-state index in [1.807, 2.05) is 18.2 Å². The number of ketones is 1. The van der Waals surface area contributed by atoms with Gasteiger partial charge in [0, 0.05) is 4.88 Å². The lowest BCUT2D eigenvalue weighted by molar-refractivity contribution is -0.129. The number of hydrogen-bond donors (Lipinski definition) is 1. The molecule has 3 nitrogen and oxygen atoms in total. The average Bonchev–Trinajstić information content (AvgIpc) is 3.39. The zero-order chi connectivity index (χ0) is 23.4. The summed E-state index contributed by atoms with van der Waals surface area (Å²) in [6.45, 7) is 3.98. The van der Waals surface area contributed by atoms with E-state index in [9.17, 15) is 9.90 Å². The summed E-state index contributed by atoms with van der Waals surface area (Å²) < 4.78 is 6.48. The number of halogens is 1. The van der Waals surface area contributed by atoms with Gasteiger partial charge in [-0.05, 0) is 131 Å². The van der Waals surface area contributed by atoms with Gasteiger partial charge in [-0.3, -0.25) is 4.79 Å². The van der Waals surface area contributed by atoms with Crippen molar-refractivity contribution in [2.75, 3.05) is 7.11 Å². The van der Waals surface area contributed by atoms with E-state index in [0.717, 1.165) is 52.1 Å². The molecule has 3 aliphatic carbocycles. The number of aryl methyl sites for hydroxylation is 1. The molecule has 0 aliphatic heterocycles. The summed E-state index contributed by atoms with van der Waals surface area (Å²) in [6, 6.07) is 10.5. The molecule has 1 saturated carbocycles. The van der Waals surface area contributed by atoms with E-state index in [1.54, 1.807) is 31.4 Å². The third-order valence-corrected chi connectivity index (χ3v) is 10.1. The van der Waals surface area contributed by atoms with Gasteiger partial charge in [0.15, 0.2) is 5.78 Å². The molecule has 3 aliphatic rings. The molecule has 0 spiro atoms. The van der Waals surface area contributed by atoms with Gasteiger partial charge in [0.2, 0.25) is 0 Å². The molecule has 0 radical (unpaired) electrons. The second kappa shape index (κ2) is 8.51. The maximum Gasteiger partial charge on any atom is 0.191 e. The van der Waals surface area contributed by atoms with Crippen LogP contribution in [0.2, 0.25) is 0 Å². The molecule has 33 heavy (non-hydrogen) atoms. The summed E-state index contributed by atoms with van der Waals surface area (Å²) in [5.41, 5.74) is 2.24. The molecule has 0 unspecified atom stereocenters. The Morgan fingerprint density at radius 3 is 2.85 bits per heavy atom. The van der Waals surface area contributed by atoms with Gasteiger partial charge in [0.25, 0.3) is 0 Å². The Morgan fingerprint density at radius 2 is 2.12 bits per heavy atom. The van der Waals surface area contributed by atoms with Gasteiger partial charge in [-0.1, -0.05) is 19.1 Å². The van der Waals surface area contributed by atoms with E-state index >= 15 is 0 Å². The van der Waals surface area contributed by atoms with Crippen molar-refractivity contribution in [3.63, 3.8) is 0 Å². The lowest BCUT2D eigenvalue weighted by Gasteiger charge is -2.51. The molecular formula is C28H31BrO3S. The van der Waals surface area contributed by atoms with E-state index in [2.05, 4.69) is 47.1 Å². The Kier molecular flexibility index (Phi) is 5.95. The molecule has 174 valence electrons. The van der Waals surface area contributed by atoms with E-state index in [1.165, 1.54) is 11.1 Å². The molecule has 1 aromatic carbocycles. The van der Waals surface area contributed by atoms with Crippen LogP contribution in [0.5, 0.6) is 5.75 Å². The molecule has 1 N–H and O–H groups in total. The van der Waals surface area contributed by atoms with Crippen LogP contribution in [0.1, 0.15) is 61.5 Å². The third-order valence-electron chi connectivity index (χ3n) is 8.51. The first-order valence-corrected chi connectivity index (χ1v) is 13.4. The number of thiophene rings is 1. The van der Waals surface area contributed by atoms with Crippen LogP contribution >= 0.6 is 27.3 Å². The van der Waals surface area contributed by atoms with Gasteiger partial charge >= 0.3 is 0 Å². The van der Waals surface area contributed by atoms with Gasteiger partial charge in [-0.2, -0.15) is 0 Å². The van der Waals surface area contributed by atoms with Crippen LogP contribution in [0.15, 0.2) is 51.8 Å². The zero-order valence-corrected chi connectivity index (χ0v) is 21.8. The Labute approximate surface area is 208 Å². The number of ether oxygens (including phenoxy) is 1. The summed E-state index contributed by atoms with van der Waals surface area (Å²) in [5.74, 6) is 2.32. The van der Waals surface area contributed by atoms with Gasteiger partial charge in [-0.25, -0.2) is 0 Å². The summed E-state index contributed by atoms with van der Waals surface area (Å²) in [4.78, 5) is 14.2. The number of rotatable bonds is 5. The maximum atomic E-state index is 13.2. The van der Waals surface area contributed by atoms with Gasteiger partial charge in [0.1, 0.15) is 11.4 Å². The number of aliphatic hydroxyl groups is 1. The van der Waals surface area contributed by atoms with Crippen molar-refractivity contribution in [2.45, 2.75) is 57.5 Å². The highest BCUT2D eigenvalue weighted by molar-refractivity contribution is 9.11. The van der Waals surface area contributed by atoms with E-state index < -0.39 is 5.60 Å². The van der Waals surface area contributed by atoms with Gasteiger partial charge < -0.3 is 9.84 Å². The highest BCUT2D eigenvalue weighted by Gasteiger charge is 2.56. The molecule has 5 atom stereocenters. The topological polar surface area (TPSA) is 46.5 Å². The van der Waals surface area contributed by atoms with Crippen LogP contribution in [-0.2, 0) is 11.2 Å². The van der Waals surface area contributed by atoms with Gasteiger partial charge in [0.05, 0.1) is 10.9 Å². The normalized spacial score (nSPS) is 30.2. The van der Waals surface area contributed by atoms with Crippen LogP contribution in [0.4, 0.5) is 0 Å². The molecule has 0 amide bonds. The maximum absolute atomic E-state index is 13.2. The highest BCUT2D eigenvalue weighted by atomic mass is 79.9. The minimum Gasteiger partial charge on any atom is -0.497 e. The minimum atomic E-state index is -1.47. The first-order chi connectivity index (χ1) is 15.7. The summed E-state index contributed by atoms with van der Waals surface area (Å²) in [7, 11) is 1.73. The SMILES string of the molecule is COc1ccc2c(c1)CC[C@@H]1[C@@H]2CC[C@]2(C)C([C@](C)(O)C(=O)/C=C/c3ccc(Br)s3)=CC[C@@H]12. The standard InChI is InChI=1S/C28H31BrO3S/c1-27-15-14-21-20-9-5-18(32-3)16-17(20)4-8-22(21)23(27)10-11-24(27)28(2,31)25(30)12-6-19-7-13-26(29)33-19/h5-7,9,11-13,16,21-23,31H,4,8,10,14-15H2,1-3H3/b12-6+/t21-,22-,23+,27+,28+/m1/s1. The van der Waals surface area contributed by atoms with Crippen LogP contribution in [0.25, 0.3) is 6.08 Å². The number of allylic oxidation sites excluding steroid dienone is 1. The predicted molar refractivity (Wildman–Crippen MR) is 138 cm³/mol. The van der Waals surface area contributed by atoms with Crippen LogP contribution in [-0.4, -0.2) is 23.6 Å². The Morgan fingerprint density at radius 1 is 1.30 bits per heavy atom. The molecule has 2 aromatic rings. The smallest absolute Gasteiger partial charge is 0.191 e. The molecular weight excluding hydrogens is 496 g/mol. The molecule has 0 saturated heterocycles. The fraction of sp³-hybridized carbons (Fsp3) is 0.464. The first kappa shape index (κ1) is 23.1. The van der Waals surface area contributed by atoms with Crippen LogP contribution in [0.3, 0.4) is 0 Å². The van der Waals surface area contributed by atoms with Crippen molar-refractivity contribution >= 4 is 39.1 Å². The monoisotopic (exact) mass is 526 g/mol. The summed E-state index contributed by atoms with van der Waals surface area (Å²) in [5, 5.41) is 11.5. The number of carbonyl (C=O) groups excluding carboxylic acids is 1. The number of benzene rings is 1. The lowest BCUT2D eigenvalue weighted by atomic mass is 9.53. The molecule has 1 fully saturated rings. The zero-order valence-electron chi connectivity index (χ0n) is 19.4. The van der Waals surface area contributed by atoms with Crippen molar-refractivity contribution in [1.29, 1.82) is 0 Å². The summed E-state index contributed by atoms with van der Waals surface area (Å²) >= 11 is 5.03. The molecule has 0 bridgehead atoms. The quantitative estimate of drug-likeness (QED) is 0.338. The molecule has 5 rings (SSSR count). The average molecular weight is 528 g/mol. The van der Waals surface area contributed by atoms with Crippen molar-refractivity contribution in [3.8, 4) is 5.75 Å². The summed E-state index contributed by atoms with van der Waals surface area (Å²) in [6.07, 6.45) is 10.8. The van der Waals surface area contributed by atoms with Crippen LogP contribution in [0, 0.1) is 17.3 Å². The first-order valence-electron chi connectivity index (χ1n) is 11.8. The Balaban J connectivity index is 1.38. The van der Waals surface area contributed by atoms with E-state index in [4.69, 9.17) is 4.74 Å². The lowest BCUT2D eigenvalue weighted by Crippen LogP contribution is -2.47. The number of fused-ring (bicyclic) bond motifs is 5. The van der Waals surface area contributed by atoms with E-state index in [-0.39, 0.29) is 11.2 Å². The fourth-order valence-corrected chi connectivity index (χ4v) is 8.20. The van der Waals surface area contributed by atoms with Crippen molar-refractivity contribution in [2.24, 2.45) is 17.3 Å². The Bertz CT molecular complexity index is 1140. The van der Waals surface area contributed by atoms with Crippen LogP contribution < -0.4 is 4.74 Å². The van der Waals surface area contributed by atoms with Crippen molar-refractivity contribution in [1.82, 2.24) is 0 Å². The highest BCUT2D eigenvalue weighted by Crippen LogP contribution is 2.62. The number of carbonyl (C=O) groups is 1. The fourth-order valence-electron chi connectivity index (χ4n) is 6.88. The largest absolute Gasteiger partial charge is 0.497 e. The third kappa shape index (κ3) is 3.86. The second-order valence-corrected chi connectivity index (χ2v) is 12.7. The van der Waals surface area contributed by atoms with Gasteiger partial charge in [-0.15, -0.1) is 11.3 Å².